The number of anilines is 3. The maximum atomic E-state index is 13.7. The molecule has 0 bridgehead atoms. The van der Waals surface area contributed by atoms with Crippen LogP contribution in [0.25, 0.3) is 0 Å². The molecule has 1 fully saturated rings. The number of aryl methyl sites for hydroxylation is 1. The molecule has 0 radical (unpaired) electrons. The van der Waals surface area contributed by atoms with E-state index in [1.54, 1.807) is 43.3 Å². The summed E-state index contributed by atoms with van der Waals surface area (Å²) < 4.78 is 53.7. The molecule has 0 unspecified atom stereocenters. The van der Waals surface area contributed by atoms with E-state index in [4.69, 9.17) is 9.47 Å². The van der Waals surface area contributed by atoms with E-state index in [2.05, 4.69) is 10.0 Å². The van der Waals surface area contributed by atoms with Crippen LogP contribution in [0.3, 0.4) is 0 Å². The molecule has 0 aromatic heterocycles. The lowest BCUT2D eigenvalue weighted by Crippen LogP contribution is -2.37. The summed E-state index contributed by atoms with van der Waals surface area (Å²) >= 11 is 0. The lowest BCUT2D eigenvalue weighted by atomic mass is 10.1. The van der Waals surface area contributed by atoms with Crippen molar-refractivity contribution in [1.82, 2.24) is 0 Å². The topological polar surface area (TPSA) is 97.0 Å². The van der Waals surface area contributed by atoms with Crippen LogP contribution in [0.5, 0.6) is 5.75 Å². The maximum absolute atomic E-state index is 13.7. The van der Waals surface area contributed by atoms with Crippen molar-refractivity contribution in [1.29, 1.82) is 0 Å². The second-order valence-electron chi connectivity index (χ2n) is 8.03. The first-order chi connectivity index (χ1) is 16.8. The van der Waals surface area contributed by atoms with Gasteiger partial charge in [-0.2, -0.15) is 0 Å². The first-order valence-electron chi connectivity index (χ1n) is 11.0. The van der Waals surface area contributed by atoms with Crippen molar-refractivity contribution in [2.45, 2.75) is 11.8 Å². The summed E-state index contributed by atoms with van der Waals surface area (Å²) in [6, 6.07) is 15.1. The van der Waals surface area contributed by atoms with Gasteiger partial charge in [0.25, 0.3) is 15.9 Å². The molecule has 2 N–H and O–H groups in total. The molecule has 1 aliphatic heterocycles. The molecule has 1 aliphatic rings. The van der Waals surface area contributed by atoms with Gasteiger partial charge in [-0.15, -0.1) is 0 Å². The normalized spacial score (nSPS) is 13.9. The highest BCUT2D eigenvalue weighted by atomic mass is 32.2. The van der Waals surface area contributed by atoms with E-state index in [0.717, 1.165) is 6.07 Å². The SMILES string of the molecule is COc1ccc(NS(=O)(=O)c2cc(NC(=O)c3cc(F)ccc3C)ccc2N2CCOCC2)cc1. The zero-order chi connectivity index (χ0) is 25.0. The van der Waals surface area contributed by atoms with Gasteiger partial charge in [0, 0.05) is 30.0 Å². The molecule has 0 saturated carbocycles. The summed E-state index contributed by atoms with van der Waals surface area (Å²) in [6.07, 6.45) is 0. The lowest BCUT2D eigenvalue weighted by Gasteiger charge is -2.30. The van der Waals surface area contributed by atoms with E-state index >= 15 is 0 Å². The molecule has 1 amide bonds. The highest BCUT2D eigenvalue weighted by Gasteiger charge is 2.25. The standard InChI is InChI=1S/C25H26FN3O5S/c1-17-3-4-18(26)15-22(17)25(30)27-20-7-10-23(29-11-13-34-14-12-29)24(16-20)35(31,32)28-19-5-8-21(33-2)9-6-19/h3-10,15-16,28H,11-14H2,1-2H3,(H,27,30). The van der Waals surface area contributed by atoms with Gasteiger partial charge in [-0.1, -0.05) is 6.07 Å². The van der Waals surface area contributed by atoms with Crippen molar-refractivity contribution in [3.8, 4) is 5.75 Å². The first-order valence-corrected chi connectivity index (χ1v) is 12.5. The number of benzene rings is 3. The molecule has 4 rings (SSSR count). The van der Waals surface area contributed by atoms with Gasteiger partial charge < -0.3 is 19.7 Å². The number of halogens is 1. The Balaban J connectivity index is 1.68. The van der Waals surface area contributed by atoms with Crippen LogP contribution in [-0.2, 0) is 14.8 Å². The molecular weight excluding hydrogens is 473 g/mol. The van der Waals surface area contributed by atoms with Crippen molar-refractivity contribution < 1.29 is 27.1 Å². The monoisotopic (exact) mass is 499 g/mol. The second-order valence-corrected chi connectivity index (χ2v) is 9.68. The number of hydrogen-bond acceptors (Lipinski definition) is 6. The molecule has 10 heteroatoms. The number of amides is 1. The van der Waals surface area contributed by atoms with Gasteiger partial charge in [-0.05, 0) is 67.1 Å². The highest BCUT2D eigenvalue weighted by molar-refractivity contribution is 7.92. The van der Waals surface area contributed by atoms with E-state index in [0.29, 0.717) is 49.0 Å². The Kier molecular flexibility index (Phi) is 7.23. The Bertz CT molecular complexity index is 1320. The van der Waals surface area contributed by atoms with Crippen molar-refractivity contribution in [2.75, 3.05) is 48.4 Å². The van der Waals surface area contributed by atoms with Gasteiger partial charge in [-0.25, -0.2) is 12.8 Å². The minimum atomic E-state index is -4.04. The fraction of sp³-hybridized carbons (Fsp3) is 0.240. The van der Waals surface area contributed by atoms with Gasteiger partial charge >= 0.3 is 0 Å². The molecule has 0 atom stereocenters. The summed E-state index contributed by atoms with van der Waals surface area (Å²) in [5.74, 6) is -0.470. The zero-order valence-electron chi connectivity index (χ0n) is 19.4. The quantitative estimate of drug-likeness (QED) is 0.510. The fourth-order valence-corrected chi connectivity index (χ4v) is 5.09. The summed E-state index contributed by atoms with van der Waals surface area (Å²) in [6.45, 7) is 3.70. The molecule has 0 aliphatic carbocycles. The summed E-state index contributed by atoms with van der Waals surface area (Å²) in [4.78, 5) is 14.7. The minimum absolute atomic E-state index is 0.00369. The van der Waals surface area contributed by atoms with Crippen LogP contribution in [-0.4, -0.2) is 47.7 Å². The van der Waals surface area contributed by atoms with Crippen LogP contribution in [0.4, 0.5) is 21.5 Å². The molecule has 35 heavy (non-hydrogen) atoms. The van der Waals surface area contributed by atoms with Crippen molar-refractivity contribution in [3.05, 3.63) is 77.6 Å². The van der Waals surface area contributed by atoms with Crippen LogP contribution < -0.4 is 19.7 Å². The van der Waals surface area contributed by atoms with Gasteiger partial charge in [0.15, 0.2) is 0 Å². The number of ether oxygens (including phenoxy) is 2. The average molecular weight is 500 g/mol. The molecule has 3 aromatic carbocycles. The summed E-state index contributed by atoms with van der Waals surface area (Å²) in [5, 5.41) is 2.69. The minimum Gasteiger partial charge on any atom is -0.497 e. The summed E-state index contributed by atoms with van der Waals surface area (Å²) in [5.41, 5.74) is 1.90. The van der Waals surface area contributed by atoms with Crippen LogP contribution in [0.15, 0.2) is 65.6 Å². The van der Waals surface area contributed by atoms with E-state index in [1.807, 2.05) is 4.90 Å². The largest absolute Gasteiger partial charge is 0.497 e. The number of nitrogens with zero attached hydrogens (tertiary/aromatic N) is 1. The van der Waals surface area contributed by atoms with E-state index in [1.165, 1.54) is 25.3 Å². The number of nitrogens with one attached hydrogen (secondary N) is 2. The molecule has 3 aromatic rings. The van der Waals surface area contributed by atoms with E-state index in [-0.39, 0.29) is 16.1 Å². The number of carbonyl (C=O) groups is 1. The second kappa shape index (κ2) is 10.3. The third kappa shape index (κ3) is 5.72. The fourth-order valence-electron chi connectivity index (χ4n) is 3.78. The Morgan fingerprint density at radius 1 is 1.00 bits per heavy atom. The third-order valence-corrected chi connectivity index (χ3v) is 7.06. The zero-order valence-corrected chi connectivity index (χ0v) is 20.2. The van der Waals surface area contributed by atoms with Gasteiger partial charge in [0.05, 0.1) is 26.0 Å². The average Bonchev–Trinajstić information content (AvgIpc) is 2.86. The predicted octanol–water partition coefficient (Wildman–Crippen LogP) is 4.03. The molecular formula is C25H26FN3O5S. The molecule has 0 spiro atoms. The number of hydrogen-bond donors (Lipinski definition) is 2. The Morgan fingerprint density at radius 3 is 2.37 bits per heavy atom. The van der Waals surface area contributed by atoms with Gasteiger partial charge in [0.2, 0.25) is 0 Å². The predicted molar refractivity (Wildman–Crippen MR) is 132 cm³/mol. The Labute approximate surface area is 203 Å². The van der Waals surface area contributed by atoms with E-state index < -0.39 is 21.7 Å². The smallest absolute Gasteiger partial charge is 0.264 e. The lowest BCUT2D eigenvalue weighted by molar-refractivity contribution is 0.102. The number of morpholine rings is 1. The molecule has 184 valence electrons. The van der Waals surface area contributed by atoms with E-state index in [9.17, 15) is 17.6 Å². The molecule has 1 heterocycles. The van der Waals surface area contributed by atoms with Crippen LogP contribution in [0, 0.1) is 12.7 Å². The van der Waals surface area contributed by atoms with Crippen LogP contribution in [0.1, 0.15) is 15.9 Å². The maximum Gasteiger partial charge on any atom is 0.264 e. The number of rotatable bonds is 7. The third-order valence-electron chi connectivity index (χ3n) is 5.65. The van der Waals surface area contributed by atoms with Gasteiger partial charge in [-0.3, -0.25) is 9.52 Å². The van der Waals surface area contributed by atoms with Crippen molar-refractivity contribution in [3.63, 3.8) is 0 Å². The van der Waals surface area contributed by atoms with Crippen molar-refractivity contribution in [2.24, 2.45) is 0 Å². The number of carbonyl (C=O) groups excluding carboxylic acids is 1. The summed E-state index contributed by atoms with van der Waals surface area (Å²) in [7, 11) is -2.51. The van der Waals surface area contributed by atoms with Crippen LogP contribution in [0.2, 0.25) is 0 Å². The van der Waals surface area contributed by atoms with Crippen molar-refractivity contribution >= 4 is 33.0 Å². The molecule has 1 saturated heterocycles. The molecule has 8 nitrogen and oxygen atoms in total. The number of methoxy groups -OCH3 is 1. The van der Waals surface area contributed by atoms with Gasteiger partial charge in [0.1, 0.15) is 16.5 Å². The Morgan fingerprint density at radius 2 is 1.69 bits per heavy atom. The highest BCUT2D eigenvalue weighted by Crippen LogP contribution is 2.31. The number of sulfonamides is 1. The first kappa shape index (κ1) is 24.5. The Hall–Kier alpha value is -3.63. The van der Waals surface area contributed by atoms with Crippen LogP contribution >= 0.6 is 0 Å².